The Labute approximate surface area is 247 Å². The predicted molar refractivity (Wildman–Crippen MR) is 165 cm³/mol. The third-order valence-electron chi connectivity index (χ3n) is 7.99. The van der Waals surface area contributed by atoms with E-state index >= 15 is 0 Å². The Bertz CT molecular complexity index is 1350. The Morgan fingerprint density at radius 1 is 0.929 bits per heavy atom. The SMILES string of the molecule is COc1ccc(NC(=O)Nc2ccc(N3CCC(Cc4ccccc4)CC3)c(C(=O)NCC3CCCO3)c2)c(OC)c1. The van der Waals surface area contributed by atoms with E-state index in [2.05, 4.69) is 51.2 Å². The maximum absolute atomic E-state index is 13.5. The number of urea groups is 1. The fraction of sp³-hybridized carbons (Fsp3) is 0.394. The van der Waals surface area contributed by atoms with Gasteiger partial charge in [0, 0.05) is 43.7 Å². The second-order valence-electron chi connectivity index (χ2n) is 10.8. The van der Waals surface area contributed by atoms with Crippen LogP contribution in [0.15, 0.2) is 66.7 Å². The van der Waals surface area contributed by atoms with Crippen molar-refractivity contribution in [3.05, 3.63) is 77.9 Å². The lowest BCUT2D eigenvalue weighted by molar-refractivity contribution is 0.0858. The molecule has 222 valence electrons. The molecule has 3 N–H and O–H groups in total. The number of nitrogens with one attached hydrogen (secondary N) is 3. The van der Waals surface area contributed by atoms with Gasteiger partial charge in [0.2, 0.25) is 0 Å². The molecule has 42 heavy (non-hydrogen) atoms. The number of carbonyl (C=O) groups is 2. The summed E-state index contributed by atoms with van der Waals surface area (Å²) in [5.74, 6) is 1.54. The van der Waals surface area contributed by atoms with E-state index in [-0.39, 0.29) is 12.0 Å². The largest absolute Gasteiger partial charge is 0.497 e. The molecule has 9 nitrogen and oxygen atoms in total. The van der Waals surface area contributed by atoms with Gasteiger partial charge in [-0.1, -0.05) is 30.3 Å². The molecular weight excluding hydrogens is 532 g/mol. The summed E-state index contributed by atoms with van der Waals surface area (Å²) < 4.78 is 16.3. The first-order valence-corrected chi connectivity index (χ1v) is 14.6. The van der Waals surface area contributed by atoms with E-state index in [1.54, 1.807) is 31.4 Å². The Morgan fingerprint density at radius 2 is 1.74 bits per heavy atom. The molecule has 5 rings (SSSR count). The second-order valence-corrected chi connectivity index (χ2v) is 10.8. The summed E-state index contributed by atoms with van der Waals surface area (Å²) in [6.07, 6.45) is 5.17. The van der Waals surface area contributed by atoms with Crippen molar-refractivity contribution in [3.63, 3.8) is 0 Å². The monoisotopic (exact) mass is 572 g/mol. The van der Waals surface area contributed by atoms with Gasteiger partial charge >= 0.3 is 6.03 Å². The van der Waals surface area contributed by atoms with Crippen LogP contribution in [-0.2, 0) is 11.2 Å². The summed E-state index contributed by atoms with van der Waals surface area (Å²) in [6.45, 7) is 2.94. The summed E-state index contributed by atoms with van der Waals surface area (Å²) in [5, 5.41) is 8.74. The van der Waals surface area contributed by atoms with E-state index in [0.717, 1.165) is 57.5 Å². The van der Waals surface area contributed by atoms with Crippen molar-refractivity contribution in [2.75, 3.05) is 56.0 Å². The number of nitrogens with zero attached hydrogens (tertiary/aromatic N) is 1. The van der Waals surface area contributed by atoms with Crippen molar-refractivity contribution in [2.24, 2.45) is 5.92 Å². The van der Waals surface area contributed by atoms with Gasteiger partial charge in [-0.15, -0.1) is 0 Å². The van der Waals surface area contributed by atoms with Crippen LogP contribution >= 0.6 is 0 Å². The zero-order chi connectivity index (χ0) is 29.3. The number of rotatable bonds is 10. The third kappa shape index (κ3) is 7.53. The fourth-order valence-corrected chi connectivity index (χ4v) is 5.69. The number of ether oxygens (including phenoxy) is 3. The molecule has 3 aromatic rings. The molecule has 0 aliphatic carbocycles. The van der Waals surface area contributed by atoms with Crippen LogP contribution < -0.4 is 30.3 Å². The van der Waals surface area contributed by atoms with Crippen LogP contribution in [0.1, 0.15) is 41.6 Å². The minimum atomic E-state index is -0.446. The number of amides is 3. The van der Waals surface area contributed by atoms with E-state index in [9.17, 15) is 9.59 Å². The topological polar surface area (TPSA) is 101 Å². The lowest BCUT2D eigenvalue weighted by Gasteiger charge is -2.35. The highest BCUT2D eigenvalue weighted by Gasteiger charge is 2.25. The van der Waals surface area contributed by atoms with Gasteiger partial charge in [-0.2, -0.15) is 0 Å². The number of hydrogen-bond acceptors (Lipinski definition) is 6. The second kappa shape index (κ2) is 14.1. The molecule has 0 saturated carbocycles. The molecule has 2 aliphatic rings. The number of benzene rings is 3. The predicted octanol–water partition coefficient (Wildman–Crippen LogP) is 5.72. The van der Waals surface area contributed by atoms with E-state index in [1.807, 2.05) is 12.1 Å². The summed E-state index contributed by atoms with van der Waals surface area (Å²) in [7, 11) is 3.10. The molecule has 0 radical (unpaired) electrons. The highest BCUT2D eigenvalue weighted by molar-refractivity contribution is 6.04. The molecule has 1 unspecified atom stereocenters. The molecule has 0 bridgehead atoms. The number of anilines is 3. The average Bonchev–Trinajstić information content (AvgIpc) is 3.55. The smallest absolute Gasteiger partial charge is 0.323 e. The fourth-order valence-electron chi connectivity index (χ4n) is 5.69. The molecule has 9 heteroatoms. The van der Waals surface area contributed by atoms with Crippen LogP contribution in [0.5, 0.6) is 11.5 Å². The lowest BCUT2D eigenvalue weighted by atomic mass is 9.89. The summed E-state index contributed by atoms with van der Waals surface area (Å²) in [5.41, 5.74) is 3.80. The van der Waals surface area contributed by atoms with Crippen LogP contribution in [0.2, 0.25) is 0 Å². The van der Waals surface area contributed by atoms with Crippen LogP contribution in [-0.4, -0.2) is 58.5 Å². The quantitative estimate of drug-likeness (QED) is 0.288. The van der Waals surface area contributed by atoms with Gasteiger partial charge in [-0.25, -0.2) is 4.79 Å². The van der Waals surface area contributed by atoms with Crippen molar-refractivity contribution in [1.82, 2.24) is 5.32 Å². The Balaban J connectivity index is 1.29. The highest BCUT2D eigenvalue weighted by Crippen LogP contribution is 2.32. The molecule has 1 atom stereocenters. The number of piperidine rings is 1. The van der Waals surface area contributed by atoms with Crippen LogP contribution in [0.25, 0.3) is 0 Å². The summed E-state index contributed by atoms with van der Waals surface area (Å²) in [4.78, 5) is 28.7. The zero-order valence-electron chi connectivity index (χ0n) is 24.4. The van der Waals surface area contributed by atoms with Gasteiger partial charge in [0.05, 0.1) is 31.6 Å². The summed E-state index contributed by atoms with van der Waals surface area (Å²) >= 11 is 0. The Hall–Kier alpha value is -4.24. The molecule has 0 aromatic heterocycles. The van der Waals surface area contributed by atoms with Gasteiger partial charge in [-0.3, -0.25) is 4.79 Å². The Kier molecular flexibility index (Phi) is 9.82. The highest BCUT2D eigenvalue weighted by atomic mass is 16.5. The molecule has 3 aromatic carbocycles. The first-order chi connectivity index (χ1) is 20.5. The van der Waals surface area contributed by atoms with Crippen LogP contribution in [0.3, 0.4) is 0 Å². The van der Waals surface area contributed by atoms with Crippen molar-refractivity contribution in [1.29, 1.82) is 0 Å². The molecular formula is C33H40N4O5. The van der Waals surface area contributed by atoms with Crippen molar-refractivity contribution in [2.45, 2.75) is 38.2 Å². The normalized spacial score (nSPS) is 17.0. The van der Waals surface area contributed by atoms with E-state index < -0.39 is 6.03 Å². The number of methoxy groups -OCH3 is 2. The first-order valence-electron chi connectivity index (χ1n) is 14.6. The number of hydrogen-bond donors (Lipinski definition) is 3. The Morgan fingerprint density at radius 3 is 2.45 bits per heavy atom. The van der Waals surface area contributed by atoms with E-state index in [1.165, 1.54) is 12.7 Å². The lowest BCUT2D eigenvalue weighted by Crippen LogP contribution is -2.37. The minimum Gasteiger partial charge on any atom is -0.497 e. The van der Waals surface area contributed by atoms with Gasteiger partial charge in [0.15, 0.2) is 0 Å². The molecule has 2 fully saturated rings. The van der Waals surface area contributed by atoms with Crippen LogP contribution in [0.4, 0.5) is 21.9 Å². The van der Waals surface area contributed by atoms with Crippen LogP contribution in [0, 0.1) is 5.92 Å². The molecule has 3 amide bonds. The minimum absolute atomic E-state index is 0.0395. The van der Waals surface area contributed by atoms with Gasteiger partial charge in [-0.05, 0) is 73.9 Å². The van der Waals surface area contributed by atoms with Crippen molar-refractivity contribution >= 4 is 29.0 Å². The molecule has 2 saturated heterocycles. The average molecular weight is 573 g/mol. The third-order valence-corrected chi connectivity index (χ3v) is 7.99. The zero-order valence-corrected chi connectivity index (χ0v) is 24.4. The van der Waals surface area contributed by atoms with E-state index in [4.69, 9.17) is 14.2 Å². The molecule has 2 heterocycles. The maximum Gasteiger partial charge on any atom is 0.323 e. The molecule has 0 spiro atoms. The number of carbonyl (C=O) groups excluding carboxylic acids is 2. The standard InChI is InChI=1S/C33H40N4O5/c1-40-26-11-12-29(31(21-26)41-2)36-33(39)35-25-10-13-30(28(20-25)32(38)34-22-27-9-6-18-42-27)37-16-14-24(15-17-37)19-23-7-4-3-5-8-23/h3-5,7-8,10-13,20-21,24,27H,6,9,14-19,22H2,1-2H3,(H,34,38)(H2,35,36,39). The van der Waals surface area contributed by atoms with Crippen molar-refractivity contribution < 1.29 is 23.8 Å². The van der Waals surface area contributed by atoms with Gasteiger partial charge in [0.1, 0.15) is 11.5 Å². The van der Waals surface area contributed by atoms with Gasteiger partial charge < -0.3 is 35.1 Å². The van der Waals surface area contributed by atoms with Gasteiger partial charge in [0.25, 0.3) is 5.91 Å². The maximum atomic E-state index is 13.5. The molecule has 2 aliphatic heterocycles. The summed E-state index contributed by atoms with van der Waals surface area (Å²) in [6, 6.07) is 20.8. The first kappa shape index (κ1) is 29.3. The van der Waals surface area contributed by atoms with Crippen molar-refractivity contribution in [3.8, 4) is 11.5 Å². The van der Waals surface area contributed by atoms with E-state index in [0.29, 0.717) is 40.9 Å².